The van der Waals surface area contributed by atoms with Gasteiger partial charge in [-0.1, -0.05) is 43.1 Å². The van der Waals surface area contributed by atoms with E-state index in [9.17, 15) is 0 Å². The molecule has 1 aliphatic carbocycles. The van der Waals surface area contributed by atoms with Gasteiger partial charge in [0.1, 0.15) is 0 Å². The second-order valence-electron chi connectivity index (χ2n) is 4.54. The maximum atomic E-state index is 6.24. The summed E-state index contributed by atoms with van der Waals surface area (Å²) in [5.41, 5.74) is 2.56. The Hall–Kier alpha value is -0.240. The largest absolute Gasteiger partial charge is 0.310 e. The SMILES string of the molecule is CCCNC1c2ccc(Cl)c(Cl)c2CC1C. The van der Waals surface area contributed by atoms with Crippen LogP contribution in [0.1, 0.15) is 37.4 Å². The van der Waals surface area contributed by atoms with E-state index >= 15 is 0 Å². The zero-order chi connectivity index (χ0) is 11.7. The minimum atomic E-state index is 0.435. The monoisotopic (exact) mass is 257 g/mol. The molecule has 0 fully saturated rings. The predicted molar refractivity (Wildman–Crippen MR) is 70.4 cm³/mol. The minimum absolute atomic E-state index is 0.435. The number of nitrogens with one attached hydrogen (secondary N) is 1. The van der Waals surface area contributed by atoms with Gasteiger partial charge in [0.15, 0.2) is 0 Å². The van der Waals surface area contributed by atoms with Crippen molar-refractivity contribution in [2.75, 3.05) is 6.54 Å². The molecular weight excluding hydrogens is 241 g/mol. The first-order valence-electron chi connectivity index (χ1n) is 5.85. The molecular formula is C13H17Cl2N. The summed E-state index contributed by atoms with van der Waals surface area (Å²) in [5.74, 6) is 0.595. The lowest BCUT2D eigenvalue weighted by Gasteiger charge is -2.18. The van der Waals surface area contributed by atoms with Crippen LogP contribution in [0.4, 0.5) is 0 Å². The van der Waals surface area contributed by atoms with Crippen molar-refractivity contribution in [1.29, 1.82) is 0 Å². The van der Waals surface area contributed by atoms with Crippen LogP contribution in [-0.4, -0.2) is 6.54 Å². The molecule has 16 heavy (non-hydrogen) atoms. The Morgan fingerprint density at radius 3 is 2.81 bits per heavy atom. The second-order valence-corrected chi connectivity index (χ2v) is 5.33. The lowest BCUT2D eigenvalue weighted by molar-refractivity contribution is 0.417. The Morgan fingerprint density at radius 1 is 1.38 bits per heavy atom. The summed E-state index contributed by atoms with van der Waals surface area (Å²) >= 11 is 12.3. The van der Waals surface area contributed by atoms with Gasteiger partial charge in [0.2, 0.25) is 0 Å². The molecule has 1 aliphatic rings. The molecule has 2 atom stereocenters. The highest BCUT2D eigenvalue weighted by atomic mass is 35.5. The standard InChI is InChI=1S/C13H17Cl2N/c1-3-6-16-13-8(2)7-10-9(13)4-5-11(14)12(10)15/h4-5,8,13,16H,3,6-7H2,1-2H3. The third-order valence-corrected chi connectivity index (χ3v) is 4.12. The first-order valence-corrected chi connectivity index (χ1v) is 6.61. The summed E-state index contributed by atoms with van der Waals surface area (Å²) in [7, 11) is 0. The molecule has 0 aromatic heterocycles. The van der Waals surface area contributed by atoms with Gasteiger partial charge >= 0.3 is 0 Å². The first kappa shape index (κ1) is 12.2. The maximum Gasteiger partial charge on any atom is 0.0627 e. The van der Waals surface area contributed by atoms with Crippen LogP contribution in [-0.2, 0) is 6.42 Å². The van der Waals surface area contributed by atoms with E-state index in [0.29, 0.717) is 17.0 Å². The number of rotatable bonds is 3. The normalized spacial score (nSPS) is 23.5. The minimum Gasteiger partial charge on any atom is -0.310 e. The summed E-state index contributed by atoms with van der Waals surface area (Å²) in [6, 6.07) is 4.45. The highest BCUT2D eigenvalue weighted by Gasteiger charge is 2.30. The molecule has 0 radical (unpaired) electrons. The molecule has 0 amide bonds. The van der Waals surface area contributed by atoms with Crippen LogP contribution in [0.15, 0.2) is 12.1 Å². The van der Waals surface area contributed by atoms with Crippen molar-refractivity contribution in [3.8, 4) is 0 Å². The Bertz CT molecular complexity index is 390. The number of fused-ring (bicyclic) bond motifs is 1. The number of hydrogen-bond acceptors (Lipinski definition) is 1. The summed E-state index contributed by atoms with van der Waals surface area (Å²) in [6.45, 7) is 5.49. The van der Waals surface area contributed by atoms with Gasteiger partial charge in [-0.3, -0.25) is 0 Å². The summed E-state index contributed by atoms with van der Waals surface area (Å²) in [4.78, 5) is 0. The predicted octanol–water partition coefficient (Wildman–Crippen LogP) is 4.23. The molecule has 3 heteroatoms. The van der Waals surface area contributed by atoms with Gasteiger partial charge < -0.3 is 5.32 Å². The Labute approximate surface area is 107 Å². The number of hydrogen-bond donors (Lipinski definition) is 1. The van der Waals surface area contributed by atoms with E-state index in [1.54, 1.807) is 0 Å². The van der Waals surface area contributed by atoms with E-state index in [4.69, 9.17) is 23.2 Å². The van der Waals surface area contributed by atoms with Crippen molar-refractivity contribution in [1.82, 2.24) is 5.32 Å². The van der Waals surface area contributed by atoms with Crippen molar-refractivity contribution >= 4 is 23.2 Å². The van der Waals surface area contributed by atoms with Gasteiger partial charge in [0.25, 0.3) is 0 Å². The van der Waals surface area contributed by atoms with E-state index in [1.165, 1.54) is 11.1 Å². The van der Waals surface area contributed by atoms with Crippen LogP contribution in [0, 0.1) is 5.92 Å². The summed E-state index contributed by atoms with van der Waals surface area (Å²) in [6.07, 6.45) is 2.18. The van der Waals surface area contributed by atoms with Crippen LogP contribution in [0.3, 0.4) is 0 Å². The topological polar surface area (TPSA) is 12.0 Å². The molecule has 0 aliphatic heterocycles. The molecule has 1 nitrogen and oxygen atoms in total. The van der Waals surface area contributed by atoms with E-state index in [0.717, 1.165) is 24.4 Å². The molecule has 0 spiro atoms. The van der Waals surface area contributed by atoms with Crippen LogP contribution in [0.5, 0.6) is 0 Å². The first-order chi connectivity index (χ1) is 7.65. The molecule has 1 aromatic carbocycles. The third-order valence-electron chi connectivity index (χ3n) is 3.28. The van der Waals surface area contributed by atoms with E-state index in [-0.39, 0.29) is 0 Å². The van der Waals surface area contributed by atoms with Crippen molar-refractivity contribution in [3.05, 3.63) is 33.3 Å². The molecule has 0 saturated carbocycles. The molecule has 0 bridgehead atoms. The van der Waals surface area contributed by atoms with E-state index in [2.05, 4.69) is 25.2 Å². The van der Waals surface area contributed by atoms with E-state index in [1.807, 2.05) is 6.07 Å². The maximum absolute atomic E-state index is 6.24. The van der Waals surface area contributed by atoms with Gasteiger partial charge in [0.05, 0.1) is 10.0 Å². The van der Waals surface area contributed by atoms with Crippen LogP contribution >= 0.6 is 23.2 Å². The van der Waals surface area contributed by atoms with Gasteiger partial charge in [-0.2, -0.15) is 0 Å². The lowest BCUT2D eigenvalue weighted by atomic mass is 10.0. The average Bonchev–Trinajstić information content (AvgIpc) is 2.58. The fourth-order valence-electron chi connectivity index (χ4n) is 2.46. The molecule has 0 saturated heterocycles. The zero-order valence-electron chi connectivity index (χ0n) is 9.69. The lowest BCUT2D eigenvalue weighted by Crippen LogP contribution is -2.24. The Morgan fingerprint density at radius 2 is 2.12 bits per heavy atom. The van der Waals surface area contributed by atoms with E-state index < -0.39 is 0 Å². The fourth-order valence-corrected chi connectivity index (χ4v) is 2.89. The van der Waals surface area contributed by atoms with Gasteiger partial charge in [-0.25, -0.2) is 0 Å². The van der Waals surface area contributed by atoms with Gasteiger partial charge in [-0.15, -0.1) is 0 Å². The van der Waals surface area contributed by atoms with Crippen LogP contribution < -0.4 is 5.32 Å². The van der Waals surface area contributed by atoms with Crippen molar-refractivity contribution in [2.45, 2.75) is 32.7 Å². The highest BCUT2D eigenvalue weighted by Crippen LogP contribution is 2.41. The van der Waals surface area contributed by atoms with Crippen LogP contribution in [0.25, 0.3) is 0 Å². The molecule has 88 valence electrons. The molecule has 1 aromatic rings. The number of halogens is 2. The van der Waals surface area contributed by atoms with Gasteiger partial charge in [-0.05, 0) is 42.5 Å². The zero-order valence-corrected chi connectivity index (χ0v) is 11.2. The highest BCUT2D eigenvalue weighted by molar-refractivity contribution is 6.42. The average molecular weight is 258 g/mol. The summed E-state index contributed by atoms with van der Waals surface area (Å²) < 4.78 is 0. The number of benzene rings is 1. The molecule has 1 N–H and O–H groups in total. The van der Waals surface area contributed by atoms with Crippen molar-refractivity contribution in [3.63, 3.8) is 0 Å². The second kappa shape index (κ2) is 4.95. The molecule has 2 rings (SSSR count). The smallest absolute Gasteiger partial charge is 0.0627 e. The van der Waals surface area contributed by atoms with Crippen molar-refractivity contribution in [2.24, 2.45) is 5.92 Å². The molecule has 0 heterocycles. The Kier molecular flexibility index (Phi) is 3.78. The quantitative estimate of drug-likeness (QED) is 0.855. The molecule has 2 unspecified atom stereocenters. The fraction of sp³-hybridized carbons (Fsp3) is 0.538. The van der Waals surface area contributed by atoms with Gasteiger partial charge in [0, 0.05) is 6.04 Å². The summed E-state index contributed by atoms with van der Waals surface area (Å²) in [5, 5.41) is 4.99. The third kappa shape index (κ3) is 2.09. The van der Waals surface area contributed by atoms with Crippen molar-refractivity contribution < 1.29 is 0 Å². The Balaban J connectivity index is 2.31. The van der Waals surface area contributed by atoms with Crippen LogP contribution in [0.2, 0.25) is 10.0 Å².